The molecular formula is C21H23F2IN6O2S. The number of ether oxygens (including phenoxy) is 1. The van der Waals surface area contributed by atoms with Crippen molar-refractivity contribution in [2.24, 2.45) is 0 Å². The maximum atomic E-state index is 14.6. The molecule has 1 aliphatic rings. The van der Waals surface area contributed by atoms with Gasteiger partial charge in [0.15, 0.2) is 23.1 Å². The van der Waals surface area contributed by atoms with Crippen molar-refractivity contribution in [1.82, 2.24) is 23.8 Å². The number of halogens is 3. The average Bonchev–Trinajstić information content (AvgIpc) is 3.12. The van der Waals surface area contributed by atoms with Crippen LogP contribution < -0.4 is 5.32 Å². The Labute approximate surface area is 206 Å². The third-order valence-electron chi connectivity index (χ3n) is 5.05. The molecule has 0 radical (unpaired) electrons. The van der Waals surface area contributed by atoms with E-state index in [1.54, 1.807) is 15.1 Å². The summed E-state index contributed by atoms with van der Waals surface area (Å²) in [6, 6.07) is 1.16. The fourth-order valence-electron chi connectivity index (χ4n) is 3.66. The topological polar surface area (TPSA) is 85.2 Å². The second-order valence-electron chi connectivity index (χ2n) is 8.76. The van der Waals surface area contributed by atoms with Crippen LogP contribution in [0.15, 0.2) is 24.7 Å². The van der Waals surface area contributed by atoms with Gasteiger partial charge in [0, 0.05) is 66.6 Å². The Morgan fingerprint density at radius 3 is 2.82 bits per heavy atom. The van der Waals surface area contributed by atoms with Crippen LogP contribution in [0.2, 0.25) is 0 Å². The minimum atomic E-state index is -0.607. The van der Waals surface area contributed by atoms with Crippen LogP contribution in [0, 0.1) is 11.6 Å². The number of rotatable bonds is 4. The molecule has 176 valence electrons. The number of likely N-dealkylation sites (tertiary alicyclic amines) is 1. The molecule has 3 aromatic rings. The van der Waals surface area contributed by atoms with Gasteiger partial charge in [-0.05, 0) is 39.7 Å². The first kappa shape index (κ1) is 23.9. The van der Waals surface area contributed by atoms with Crippen molar-refractivity contribution >= 4 is 53.3 Å². The summed E-state index contributed by atoms with van der Waals surface area (Å²) in [5.41, 5.74) is 0.520. The van der Waals surface area contributed by atoms with Crippen molar-refractivity contribution in [2.75, 3.05) is 18.4 Å². The van der Waals surface area contributed by atoms with Crippen molar-refractivity contribution in [2.45, 2.75) is 45.3 Å². The molecule has 1 fully saturated rings. The van der Waals surface area contributed by atoms with Gasteiger partial charge in [-0.1, -0.05) is 0 Å². The minimum absolute atomic E-state index is 0.0310. The number of fused-ring (bicyclic) bond motifs is 1. The number of carbonyl (C=O) groups excluding carboxylic acids is 1. The van der Waals surface area contributed by atoms with Gasteiger partial charge in [-0.15, -0.1) is 0 Å². The smallest absolute Gasteiger partial charge is 0.410 e. The van der Waals surface area contributed by atoms with Crippen LogP contribution in [0.25, 0.3) is 22.4 Å². The van der Waals surface area contributed by atoms with Crippen LogP contribution in [-0.2, 0) is 4.74 Å². The molecule has 1 atom stereocenters. The number of nitrogens with one attached hydrogen (secondary N) is 1. The second-order valence-corrected chi connectivity index (χ2v) is 10.5. The van der Waals surface area contributed by atoms with Crippen LogP contribution in [0.4, 0.5) is 19.4 Å². The highest BCUT2D eigenvalue weighted by molar-refractivity contribution is 14.2. The summed E-state index contributed by atoms with van der Waals surface area (Å²) in [6.07, 6.45) is 5.09. The van der Waals surface area contributed by atoms with E-state index in [9.17, 15) is 13.6 Å². The molecule has 1 amide bonds. The van der Waals surface area contributed by atoms with Gasteiger partial charge in [-0.25, -0.2) is 28.5 Å². The zero-order valence-corrected chi connectivity index (χ0v) is 21.3. The van der Waals surface area contributed by atoms with Crippen LogP contribution in [0.1, 0.15) is 33.6 Å². The summed E-state index contributed by atoms with van der Waals surface area (Å²) >= 11 is 2.10. The van der Waals surface area contributed by atoms with E-state index in [0.29, 0.717) is 29.7 Å². The number of piperidine rings is 1. The van der Waals surface area contributed by atoms with E-state index in [1.165, 1.54) is 15.2 Å². The highest BCUT2D eigenvalue weighted by Gasteiger charge is 2.28. The average molecular weight is 588 g/mol. The largest absolute Gasteiger partial charge is 0.444 e. The van der Waals surface area contributed by atoms with Gasteiger partial charge in [-0.2, -0.15) is 0 Å². The molecule has 4 rings (SSSR count). The lowest BCUT2D eigenvalue weighted by Gasteiger charge is -2.34. The molecule has 1 aliphatic heterocycles. The standard InChI is InChI=1S/C21H23F2IN6O2S/c1-21(2,3)32-20(31)29-6-4-5-13(10-29)27-18-16(23)9-25-17(28-18)15-11-30(33-24)19-14(15)7-12(22)8-26-19/h7-9,11,13H,4-6,10H2,1-3H3,(H,25,27,28). The summed E-state index contributed by atoms with van der Waals surface area (Å²) < 4.78 is 35.7. The van der Waals surface area contributed by atoms with Crippen molar-refractivity contribution in [1.29, 1.82) is 0 Å². The maximum absolute atomic E-state index is 14.6. The second kappa shape index (κ2) is 9.57. The summed E-state index contributed by atoms with van der Waals surface area (Å²) in [5, 5.41) is 3.64. The summed E-state index contributed by atoms with van der Waals surface area (Å²) in [5.74, 6) is -0.807. The van der Waals surface area contributed by atoms with E-state index in [2.05, 4.69) is 41.5 Å². The molecule has 0 spiro atoms. The molecule has 12 heteroatoms. The monoisotopic (exact) mass is 588 g/mol. The van der Waals surface area contributed by atoms with E-state index in [0.717, 1.165) is 25.2 Å². The zero-order valence-electron chi connectivity index (χ0n) is 18.3. The number of hydrogen-bond acceptors (Lipinski definition) is 7. The van der Waals surface area contributed by atoms with Crippen LogP contribution in [0.3, 0.4) is 0 Å². The van der Waals surface area contributed by atoms with Crippen LogP contribution in [-0.4, -0.2) is 54.6 Å². The fraction of sp³-hybridized carbons (Fsp3) is 0.429. The van der Waals surface area contributed by atoms with E-state index >= 15 is 0 Å². The van der Waals surface area contributed by atoms with Gasteiger partial charge in [-0.3, -0.25) is 3.97 Å². The third kappa shape index (κ3) is 5.48. The van der Waals surface area contributed by atoms with Gasteiger partial charge >= 0.3 is 6.09 Å². The molecule has 8 nitrogen and oxygen atoms in total. The van der Waals surface area contributed by atoms with E-state index in [4.69, 9.17) is 4.74 Å². The zero-order chi connectivity index (χ0) is 23.8. The minimum Gasteiger partial charge on any atom is -0.444 e. The SMILES string of the molecule is CC(C)(C)OC(=O)N1CCCC(Nc2nc(-c3cn(SI)c4ncc(F)cc34)ncc2F)C1. The van der Waals surface area contributed by atoms with Gasteiger partial charge in [0.05, 0.1) is 12.4 Å². The molecule has 0 aromatic carbocycles. The number of nitrogens with zero attached hydrogens (tertiary/aromatic N) is 5. The van der Waals surface area contributed by atoms with Gasteiger partial charge in [0.1, 0.15) is 11.4 Å². The first-order valence-corrected chi connectivity index (χ1v) is 13.7. The van der Waals surface area contributed by atoms with E-state index in [1.807, 2.05) is 20.8 Å². The van der Waals surface area contributed by atoms with Crippen molar-refractivity contribution in [3.63, 3.8) is 0 Å². The Morgan fingerprint density at radius 2 is 2.09 bits per heavy atom. The normalized spacial score (nSPS) is 16.8. The molecular weight excluding hydrogens is 565 g/mol. The van der Waals surface area contributed by atoms with Gasteiger partial charge in [0.25, 0.3) is 0 Å². The number of pyridine rings is 1. The van der Waals surface area contributed by atoms with Crippen molar-refractivity contribution in [3.05, 3.63) is 36.3 Å². The maximum Gasteiger partial charge on any atom is 0.410 e. The highest BCUT2D eigenvalue weighted by Crippen LogP contribution is 2.33. The van der Waals surface area contributed by atoms with Crippen LogP contribution >= 0.6 is 30.3 Å². The highest BCUT2D eigenvalue weighted by atomic mass is 127. The third-order valence-corrected chi connectivity index (χ3v) is 6.75. The predicted molar refractivity (Wildman–Crippen MR) is 132 cm³/mol. The Hall–Kier alpha value is -2.22. The Kier molecular flexibility index (Phi) is 6.93. The molecule has 0 aliphatic carbocycles. The molecule has 4 heterocycles. The molecule has 1 N–H and O–H groups in total. The Balaban J connectivity index is 1.58. The molecule has 0 bridgehead atoms. The number of anilines is 1. The van der Waals surface area contributed by atoms with Crippen LogP contribution in [0.5, 0.6) is 0 Å². The number of aromatic nitrogens is 4. The predicted octanol–water partition coefficient (Wildman–Crippen LogP) is 5.43. The number of amides is 1. The number of carbonyl (C=O) groups is 1. The van der Waals surface area contributed by atoms with Crippen molar-refractivity contribution in [3.8, 4) is 11.4 Å². The van der Waals surface area contributed by atoms with Crippen molar-refractivity contribution < 1.29 is 18.3 Å². The number of hydrogen-bond donors (Lipinski definition) is 1. The summed E-state index contributed by atoms with van der Waals surface area (Å²) in [7, 11) is 1.37. The lowest BCUT2D eigenvalue weighted by Crippen LogP contribution is -2.47. The Bertz CT molecular complexity index is 1190. The molecule has 1 saturated heterocycles. The molecule has 33 heavy (non-hydrogen) atoms. The first-order valence-electron chi connectivity index (χ1n) is 10.4. The summed E-state index contributed by atoms with van der Waals surface area (Å²) in [6.45, 7) is 6.40. The van der Waals surface area contributed by atoms with Gasteiger partial charge < -0.3 is 15.0 Å². The fourth-order valence-corrected chi connectivity index (χ4v) is 4.92. The molecule has 1 unspecified atom stereocenters. The quantitative estimate of drug-likeness (QED) is 0.407. The van der Waals surface area contributed by atoms with E-state index < -0.39 is 23.3 Å². The lowest BCUT2D eigenvalue weighted by atomic mass is 10.1. The first-order chi connectivity index (χ1) is 15.6. The lowest BCUT2D eigenvalue weighted by molar-refractivity contribution is 0.0206. The summed E-state index contributed by atoms with van der Waals surface area (Å²) in [4.78, 5) is 26.7. The Morgan fingerprint density at radius 1 is 1.30 bits per heavy atom. The molecule has 0 saturated carbocycles. The molecule has 3 aromatic heterocycles. The van der Waals surface area contributed by atoms with Gasteiger partial charge in [0.2, 0.25) is 0 Å². The van der Waals surface area contributed by atoms with E-state index in [-0.39, 0.29) is 17.7 Å².